The molecular formula is C20H25N. The van der Waals surface area contributed by atoms with E-state index in [0.29, 0.717) is 6.04 Å². The number of hydrogen-bond donors (Lipinski definition) is 1. The van der Waals surface area contributed by atoms with Crippen molar-refractivity contribution in [2.75, 3.05) is 6.54 Å². The molecule has 1 saturated heterocycles. The van der Waals surface area contributed by atoms with Gasteiger partial charge < -0.3 is 5.32 Å². The Hall–Kier alpha value is -1.60. The highest BCUT2D eigenvalue weighted by atomic mass is 14.9. The van der Waals surface area contributed by atoms with Gasteiger partial charge in [-0.05, 0) is 55.7 Å². The average Bonchev–Trinajstić information content (AvgIpc) is 2.97. The highest BCUT2D eigenvalue weighted by Gasteiger charge is 2.26. The van der Waals surface area contributed by atoms with Gasteiger partial charge in [0.15, 0.2) is 0 Å². The van der Waals surface area contributed by atoms with Crippen LogP contribution in [0.3, 0.4) is 0 Å². The fraction of sp³-hybridized carbons (Fsp3) is 0.400. The van der Waals surface area contributed by atoms with Gasteiger partial charge in [-0.1, -0.05) is 60.7 Å². The van der Waals surface area contributed by atoms with Gasteiger partial charge in [0, 0.05) is 6.04 Å². The predicted octanol–water partition coefficient (Wildman–Crippen LogP) is 4.23. The van der Waals surface area contributed by atoms with Gasteiger partial charge in [0.05, 0.1) is 0 Å². The van der Waals surface area contributed by atoms with Crippen LogP contribution in [0, 0.1) is 5.92 Å². The molecule has 0 saturated carbocycles. The minimum absolute atomic E-state index is 0.703. The molecule has 1 N–H and O–H groups in total. The first kappa shape index (κ1) is 14.3. The number of rotatable bonds is 6. The van der Waals surface area contributed by atoms with E-state index in [-0.39, 0.29) is 0 Å². The first-order valence-corrected chi connectivity index (χ1v) is 8.23. The second-order valence-corrected chi connectivity index (χ2v) is 6.18. The lowest BCUT2D eigenvalue weighted by molar-refractivity contribution is 0.412. The Balaban J connectivity index is 1.48. The SMILES string of the molecule is c1ccc(CCCC2NCCC2Cc2ccccc2)cc1. The molecule has 0 bridgehead atoms. The molecule has 2 aromatic rings. The molecule has 0 spiro atoms. The number of nitrogens with one attached hydrogen (secondary N) is 1. The molecular weight excluding hydrogens is 254 g/mol. The Morgan fingerprint density at radius 1 is 0.857 bits per heavy atom. The summed E-state index contributed by atoms with van der Waals surface area (Å²) in [6.45, 7) is 1.19. The fourth-order valence-corrected chi connectivity index (χ4v) is 3.49. The topological polar surface area (TPSA) is 12.0 Å². The third kappa shape index (κ3) is 4.18. The van der Waals surface area contributed by atoms with Crippen molar-refractivity contribution >= 4 is 0 Å². The zero-order valence-electron chi connectivity index (χ0n) is 12.7. The molecule has 0 radical (unpaired) electrons. The van der Waals surface area contributed by atoms with Gasteiger partial charge >= 0.3 is 0 Å². The van der Waals surface area contributed by atoms with Crippen molar-refractivity contribution in [3.63, 3.8) is 0 Å². The summed E-state index contributed by atoms with van der Waals surface area (Å²) in [6, 6.07) is 22.5. The Morgan fingerprint density at radius 2 is 1.52 bits per heavy atom. The van der Waals surface area contributed by atoms with E-state index in [2.05, 4.69) is 66.0 Å². The fourth-order valence-electron chi connectivity index (χ4n) is 3.49. The van der Waals surface area contributed by atoms with E-state index in [0.717, 1.165) is 5.92 Å². The van der Waals surface area contributed by atoms with Crippen LogP contribution in [0.15, 0.2) is 60.7 Å². The minimum Gasteiger partial charge on any atom is -0.314 e. The quantitative estimate of drug-likeness (QED) is 0.834. The highest BCUT2D eigenvalue weighted by Crippen LogP contribution is 2.24. The Labute approximate surface area is 128 Å². The molecule has 1 aliphatic rings. The van der Waals surface area contributed by atoms with Crippen LogP contribution < -0.4 is 5.32 Å². The second kappa shape index (κ2) is 7.42. The van der Waals surface area contributed by atoms with E-state index >= 15 is 0 Å². The number of aryl methyl sites for hydroxylation is 1. The van der Waals surface area contributed by atoms with E-state index in [1.807, 2.05) is 0 Å². The van der Waals surface area contributed by atoms with Crippen molar-refractivity contribution in [2.24, 2.45) is 5.92 Å². The summed E-state index contributed by atoms with van der Waals surface area (Å²) in [5.41, 5.74) is 2.95. The molecule has 3 rings (SSSR count). The normalized spacial score (nSPS) is 21.5. The molecule has 0 amide bonds. The van der Waals surface area contributed by atoms with Gasteiger partial charge in [-0.15, -0.1) is 0 Å². The lowest BCUT2D eigenvalue weighted by Gasteiger charge is -2.19. The number of benzene rings is 2. The van der Waals surface area contributed by atoms with Gasteiger partial charge in [0.1, 0.15) is 0 Å². The molecule has 21 heavy (non-hydrogen) atoms. The maximum atomic E-state index is 3.71. The lowest BCUT2D eigenvalue weighted by atomic mass is 9.89. The van der Waals surface area contributed by atoms with Gasteiger partial charge in [-0.25, -0.2) is 0 Å². The van der Waals surface area contributed by atoms with E-state index < -0.39 is 0 Å². The molecule has 1 heteroatoms. The van der Waals surface area contributed by atoms with Gasteiger partial charge in [-0.3, -0.25) is 0 Å². The largest absolute Gasteiger partial charge is 0.314 e. The van der Waals surface area contributed by atoms with E-state index in [4.69, 9.17) is 0 Å². The summed E-state index contributed by atoms with van der Waals surface area (Å²) in [7, 11) is 0. The van der Waals surface area contributed by atoms with Crippen molar-refractivity contribution in [3.05, 3.63) is 71.8 Å². The Kier molecular flexibility index (Phi) is 5.07. The van der Waals surface area contributed by atoms with Crippen LogP contribution in [0.5, 0.6) is 0 Å². The summed E-state index contributed by atoms with van der Waals surface area (Å²) >= 11 is 0. The van der Waals surface area contributed by atoms with Crippen molar-refractivity contribution in [1.29, 1.82) is 0 Å². The molecule has 2 unspecified atom stereocenters. The van der Waals surface area contributed by atoms with E-state index in [1.54, 1.807) is 0 Å². The predicted molar refractivity (Wildman–Crippen MR) is 89.4 cm³/mol. The van der Waals surface area contributed by atoms with E-state index in [9.17, 15) is 0 Å². The smallest absolute Gasteiger partial charge is 0.00990 e. The monoisotopic (exact) mass is 279 g/mol. The first-order valence-electron chi connectivity index (χ1n) is 8.23. The first-order chi connectivity index (χ1) is 10.4. The maximum absolute atomic E-state index is 3.71. The zero-order valence-corrected chi connectivity index (χ0v) is 12.7. The highest BCUT2D eigenvalue weighted by molar-refractivity contribution is 5.16. The van der Waals surface area contributed by atoms with Crippen LogP contribution in [0.25, 0.3) is 0 Å². The molecule has 1 heterocycles. The number of hydrogen-bond acceptors (Lipinski definition) is 1. The van der Waals surface area contributed by atoms with Crippen molar-refractivity contribution in [1.82, 2.24) is 5.32 Å². The summed E-state index contributed by atoms with van der Waals surface area (Å²) in [6.07, 6.45) is 6.34. The van der Waals surface area contributed by atoms with E-state index in [1.165, 1.54) is 49.8 Å². The summed E-state index contributed by atoms with van der Waals surface area (Å²) in [5.74, 6) is 0.808. The Morgan fingerprint density at radius 3 is 2.24 bits per heavy atom. The molecule has 2 aromatic carbocycles. The average molecular weight is 279 g/mol. The summed E-state index contributed by atoms with van der Waals surface area (Å²) in [5, 5.41) is 3.71. The van der Waals surface area contributed by atoms with Crippen LogP contribution in [-0.4, -0.2) is 12.6 Å². The molecule has 1 aliphatic heterocycles. The molecule has 0 aromatic heterocycles. The second-order valence-electron chi connectivity index (χ2n) is 6.18. The van der Waals surface area contributed by atoms with Crippen LogP contribution in [0.2, 0.25) is 0 Å². The summed E-state index contributed by atoms with van der Waals surface area (Å²) in [4.78, 5) is 0. The molecule has 2 atom stereocenters. The Bertz CT molecular complexity index is 520. The lowest BCUT2D eigenvalue weighted by Crippen LogP contribution is -2.28. The van der Waals surface area contributed by atoms with Crippen molar-refractivity contribution in [3.8, 4) is 0 Å². The third-order valence-electron chi connectivity index (χ3n) is 4.65. The van der Waals surface area contributed by atoms with Crippen molar-refractivity contribution in [2.45, 2.75) is 38.1 Å². The zero-order chi connectivity index (χ0) is 14.3. The van der Waals surface area contributed by atoms with Gasteiger partial charge in [0.2, 0.25) is 0 Å². The molecule has 1 nitrogen and oxygen atoms in total. The van der Waals surface area contributed by atoms with Gasteiger partial charge in [-0.2, -0.15) is 0 Å². The van der Waals surface area contributed by atoms with Crippen LogP contribution in [0.1, 0.15) is 30.4 Å². The molecule has 0 aliphatic carbocycles. The van der Waals surface area contributed by atoms with Crippen LogP contribution in [-0.2, 0) is 12.8 Å². The summed E-state index contributed by atoms with van der Waals surface area (Å²) < 4.78 is 0. The van der Waals surface area contributed by atoms with Crippen LogP contribution >= 0.6 is 0 Å². The standard InChI is InChI=1S/C20H25N/c1-3-8-17(9-4-1)12-7-13-20-19(14-15-21-20)16-18-10-5-2-6-11-18/h1-6,8-11,19-21H,7,12-16H2. The molecule has 1 fully saturated rings. The van der Waals surface area contributed by atoms with Crippen LogP contribution in [0.4, 0.5) is 0 Å². The third-order valence-corrected chi connectivity index (χ3v) is 4.65. The van der Waals surface area contributed by atoms with Crippen molar-refractivity contribution < 1.29 is 0 Å². The molecule has 110 valence electrons. The van der Waals surface area contributed by atoms with Gasteiger partial charge in [0.25, 0.3) is 0 Å². The minimum atomic E-state index is 0.703. The maximum Gasteiger partial charge on any atom is 0.00990 e.